The highest BCUT2D eigenvalue weighted by Gasteiger charge is 2.34. The summed E-state index contributed by atoms with van der Waals surface area (Å²) in [6.45, 7) is 7.01. The van der Waals surface area contributed by atoms with Crippen molar-refractivity contribution in [2.75, 3.05) is 25.0 Å². The van der Waals surface area contributed by atoms with E-state index in [1.807, 2.05) is 60.5 Å². The van der Waals surface area contributed by atoms with Crippen LogP contribution in [0.1, 0.15) is 86.0 Å². The van der Waals surface area contributed by atoms with Gasteiger partial charge in [-0.05, 0) is 59.9 Å². The SMILES string of the molecule is CC(C)c1cc(C(=O)Nc2ccc(C3CCN(C(=O)c4cnn5c4C(=O)N(Cc4cccs4)CC5)CC3)cc2)n[nH]1. The standard InChI is InChI=1S/C30H33N7O3S/c1-19(2)25-16-26(34-33-25)28(38)32-22-7-5-20(6-8-22)21-9-11-35(12-10-21)29(39)24-17-31-37-14-13-36(30(40)27(24)37)18-23-4-3-15-41-23/h3-8,15-17,19,21H,9-14,18H2,1-2H3,(H,32,38)(H,33,34). The molecule has 0 bridgehead atoms. The highest BCUT2D eigenvalue weighted by Crippen LogP contribution is 2.30. The number of hydrogen-bond acceptors (Lipinski definition) is 6. The second kappa shape index (κ2) is 11.3. The first-order chi connectivity index (χ1) is 19.9. The molecule has 0 saturated carbocycles. The molecule has 11 heteroatoms. The number of anilines is 1. The minimum Gasteiger partial charge on any atom is -0.338 e. The number of piperidine rings is 1. The fourth-order valence-corrected chi connectivity index (χ4v) is 6.23. The van der Waals surface area contributed by atoms with Crippen LogP contribution in [-0.2, 0) is 13.1 Å². The van der Waals surface area contributed by atoms with Gasteiger partial charge >= 0.3 is 0 Å². The average Bonchev–Trinajstić information content (AvgIpc) is 3.76. The molecule has 1 fully saturated rings. The van der Waals surface area contributed by atoms with Crippen molar-refractivity contribution >= 4 is 34.7 Å². The molecule has 0 aliphatic carbocycles. The molecule has 0 unspecified atom stereocenters. The Balaban J connectivity index is 1.05. The van der Waals surface area contributed by atoms with Crippen LogP contribution in [0.5, 0.6) is 0 Å². The molecule has 4 aromatic rings. The first-order valence-corrected chi connectivity index (χ1v) is 14.9. The third kappa shape index (κ3) is 5.54. The molecule has 1 saturated heterocycles. The molecule has 5 heterocycles. The zero-order valence-electron chi connectivity index (χ0n) is 23.2. The number of benzene rings is 1. The predicted molar refractivity (Wildman–Crippen MR) is 156 cm³/mol. The Morgan fingerprint density at radius 3 is 2.56 bits per heavy atom. The Kier molecular flexibility index (Phi) is 7.44. The van der Waals surface area contributed by atoms with Crippen molar-refractivity contribution in [3.63, 3.8) is 0 Å². The number of nitrogens with zero attached hydrogens (tertiary/aromatic N) is 5. The van der Waals surface area contributed by atoms with Gasteiger partial charge in [0.15, 0.2) is 5.69 Å². The van der Waals surface area contributed by atoms with Gasteiger partial charge in [-0.15, -0.1) is 11.3 Å². The molecule has 0 atom stereocenters. The van der Waals surface area contributed by atoms with E-state index in [9.17, 15) is 14.4 Å². The summed E-state index contributed by atoms with van der Waals surface area (Å²) >= 11 is 1.62. The molecule has 6 rings (SSSR count). The summed E-state index contributed by atoms with van der Waals surface area (Å²) in [6, 6.07) is 13.7. The summed E-state index contributed by atoms with van der Waals surface area (Å²) in [5.74, 6) is 0.0641. The van der Waals surface area contributed by atoms with Crippen LogP contribution in [0.4, 0.5) is 5.69 Å². The normalized spacial score (nSPS) is 15.8. The lowest BCUT2D eigenvalue weighted by atomic mass is 9.89. The van der Waals surface area contributed by atoms with Gasteiger partial charge in [-0.25, -0.2) is 0 Å². The fourth-order valence-electron chi connectivity index (χ4n) is 5.51. The summed E-state index contributed by atoms with van der Waals surface area (Å²) in [6.07, 6.45) is 3.20. The number of carbonyl (C=O) groups is 3. The van der Waals surface area contributed by atoms with Crippen LogP contribution in [0, 0.1) is 0 Å². The lowest BCUT2D eigenvalue weighted by molar-refractivity contribution is 0.0653. The minimum atomic E-state index is -0.247. The lowest BCUT2D eigenvalue weighted by Crippen LogP contribution is -2.42. The van der Waals surface area contributed by atoms with E-state index in [0.717, 1.165) is 23.4 Å². The molecular weight excluding hydrogens is 538 g/mol. The van der Waals surface area contributed by atoms with Crippen LogP contribution in [-0.4, -0.2) is 67.1 Å². The summed E-state index contributed by atoms with van der Waals surface area (Å²) in [5, 5.41) is 16.3. The molecular formula is C30H33N7O3S. The van der Waals surface area contributed by atoms with Gasteiger partial charge in [-0.2, -0.15) is 10.2 Å². The summed E-state index contributed by atoms with van der Waals surface area (Å²) < 4.78 is 1.67. The monoisotopic (exact) mass is 571 g/mol. The number of thiophene rings is 1. The van der Waals surface area contributed by atoms with Gasteiger partial charge in [0.2, 0.25) is 0 Å². The topological polar surface area (TPSA) is 116 Å². The number of H-pyrrole nitrogens is 1. The maximum Gasteiger partial charge on any atom is 0.276 e. The molecule has 3 amide bonds. The van der Waals surface area contributed by atoms with Crippen LogP contribution in [0.15, 0.2) is 54.0 Å². The number of nitrogens with one attached hydrogen (secondary N) is 2. The van der Waals surface area contributed by atoms with Crippen molar-refractivity contribution in [2.45, 2.75) is 51.6 Å². The van der Waals surface area contributed by atoms with Crippen LogP contribution in [0.2, 0.25) is 0 Å². The third-order valence-corrected chi connectivity index (χ3v) is 8.80. The number of rotatable bonds is 7. The predicted octanol–water partition coefficient (Wildman–Crippen LogP) is 4.72. The summed E-state index contributed by atoms with van der Waals surface area (Å²) in [7, 11) is 0. The average molecular weight is 572 g/mol. The summed E-state index contributed by atoms with van der Waals surface area (Å²) in [5.41, 5.74) is 3.97. The van der Waals surface area contributed by atoms with E-state index < -0.39 is 0 Å². The lowest BCUT2D eigenvalue weighted by Gasteiger charge is -2.33. The number of fused-ring (bicyclic) bond motifs is 1. The highest BCUT2D eigenvalue weighted by molar-refractivity contribution is 7.09. The zero-order chi connectivity index (χ0) is 28.5. The van der Waals surface area contributed by atoms with E-state index in [0.29, 0.717) is 61.3 Å². The van der Waals surface area contributed by atoms with E-state index >= 15 is 0 Å². The van der Waals surface area contributed by atoms with Crippen molar-refractivity contribution in [3.05, 3.63) is 87.1 Å². The zero-order valence-corrected chi connectivity index (χ0v) is 24.0. The molecule has 10 nitrogen and oxygen atoms in total. The van der Waals surface area contributed by atoms with Crippen molar-refractivity contribution in [3.8, 4) is 0 Å². The fraction of sp³-hybridized carbons (Fsp3) is 0.367. The third-order valence-electron chi connectivity index (χ3n) is 7.94. The van der Waals surface area contributed by atoms with Gasteiger partial charge in [-0.1, -0.05) is 32.0 Å². The van der Waals surface area contributed by atoms with Gasteiger partial charge < -0.3 is 15.1 Å². The number of aromatic nitrogens is 4. The highest BCUT2D eigenvalue weighted by atomic mass is 32.1. The Morgan fingerprint density at radius 2 is 1.88 bits per heavy atom. The molecule has 0 radical (unpaired) electrons. The van der Waals surface area contributed by atoms with E-state index in [1.54, 1.807) is 33.2 Å². The quantitative estimate of drug-likeness (QED) is 0.333. The molecule has 0 spiro atoms. The van der Waals surface area contributed by atoms with Crippen LogP contribution in [0.25, 0.3) is 0 Å². The molecule has 41 heavy (non-hydrogen) atoms. The van der Waals surface area contributed by atoms with Crippen LogP contribution >= 0.6 is 11.3 Å². The number of carbonyl (C=O) groups excluding carboxylic acids is 3. The van der Waals surface area contributed by atoms with E-state index in [1.165, 1.54) is 5.56 Å². The van der Waals surface area contributed by atoms with Gasteiger partial charge in [0.05, 0.1) is 24.8 Å². The number of aromatic amines is 1. The number of amides is 3. The first kappa shape index (κ1) is 26.9. The Hall–Kier alpha value is -4.25. The van der Waals surface area contributed by atoms with Crippen LogP contribution < -0.4 is 5.32 Å². The second-order valence-corrected chi connectivity index (χ2v) is 12.0. The van der Waals surface area contributed by atoms with Gasteiger partial charge in [0, 0.05) is 35.9 Å². The number of hydrogen-bond donors (Lipinski definition) is 2. The van der Waals surface area contributed by atoms with Crippen LogP contribution in [0.3, 0.4) is 0 Å². The summed E-state index contributed by atoms with van der Waals surface area (Å²) in [4.78, 5) is 44.2. The van der Waals surface area contributed by atoms with E-state index in [2.05, 4.69) is 20.6 Å². The van der Waals surface area contributed by atoms with Gasteiger partial charge in [-0.3, -0.25) is 24.2 Å². The number of likely N-dealkylation sites (tertiary alicyclic amines) is 1. The molecule has 1 aromatic carbocycles. The minimum absolute atomic E-state index is 0.131. The maximum atomic E-state index is 13.5. The van der Waals surface area contributed by atoms with Crippen molar-refractivity contribution in [1.29, 1.82) is 0 Å². The Morgan fingerprint density at radius 1 is 1.10 bits per heavy atom. The molecule has 2 aliphatic heterocycles. The van der Waals surface area contributed by atoms with Crippen molar-refractivity contribution in [2.24, 2.45) is 0 Å². The molecule has 212 valence electrons. The van der Waals surface area contributed by atoms with E-state index in [4.69, 9.17) is 0 Å². The van der Waals surface area contributed by atoms with E-state index in [-0.39, 0.29) is 23.6 Å². The maximum absolute atomic E-state index is 13.5. The Labute approximate surface area is 242 Å². The van der Waals surface area contributed by atoms with Crippen molar-refractivity contribution < 1.29 is 14.4 Å². The van der Waals surface area contributed by atoms with Crippen molar-refractivity contribution in [1.82, 2.24) is 29.8 Å². The first-order valence-electron chi connectivity index (χ1n) is 14.0. The molecule has 2 aliphatic rings. The van der Waals surface area contributed by atoms with Gasteiger partial charge in [0.1, 0.15) is 5.69 Å². The second-order valence-electron chi connectivity index (χ2n) is 10.9. The smallest absolute Gasteiger partial charge is 0.276 e. The molecule has 3 aromatic heterocycles. The molecule has 2 N–H and O–H groups in total. The van der Waals surface area contributed by atoms with Gasteiger partial charge in [0.25, 0.3) is 17.7 Å². The largest absolute Gasteiger partial charge is 0.338 e. The Bertz CT molecular complexity index is 1550.